The van der Waals surface area contributed by atoms with Crippen LogP contribution in [0.4, 0.5) is 0 Å². The van der Waals surface area contributed by atoms with Crippen molar-refractivity contribution in [2.24, 2.45) is 0 Å². The van der Waals surface area contributed by atoms with Gasteiger partial charge in [0.25, 0.3) is 0 Å². The lowest BCUT2D eigenvalue weighted by atomic mass is 10.1. The second-order valence-corrected chi connectivity index (χ2v) is 2.99. The van der Waals surface area contributed by atoms with Gasteiger partial charge in [0.05, 0.1) is 5.88 Å². The van der Waals surface area contributed by atoms with Crippen molar-refractivity contribution in [3.63, 3.8) is 0 Å². The van der Waals surface area contributed by atoms with Crippen LogP contribution in [0.15, 0.2) is 12.1 Å². The van der Waals surface area contributed by atoms with Crippen LogP contribution in [0.25, 0.3) is 0 Å². The van der Waals surface area contributed by atoms with Gasteiger partial charge in [-0.15, -0.1) is 11.6 Å². The van der Waals surface area contributed by atoms with Crippen molar-refractivity contribution in [2.45, 2.75) is 19.7 Å². The Morgan fingerprint density at radius 3 is 2.55 bits per heavy atom. The molecule has 0 unspecified atom stereocenters. The fourth-order valence-corrected chi connectivity index (χ4v) is 1.35. The van der Waals surface area contributed by atoms with E-state index in [1.807, 2.05) is 26.0 Å². The predicted octanol–water partition coefficient (Wildman–Crippen LogP) is 2.75. The quantitative estimate of drug-likeness (QED) is 0.643. The van der Waals surface area contributed by atoms with Crippen LogP contribution < -0.4 is 0 Å². The maximum atomic E-state index is 9.44. The zero-order chi connectivity index (χ0) is 8.43. The number of aromatic hydroxyl groups is 1. The molecule has 0 aliphatic heterocycles. The lowest BCUT2D eigenvalue weighted by Gasteiger charge is -2.05. The Labute approximate surface area is 71.6 Å². The summed E-state index contributed by atoms with van der Waals surface area (Å²) in [5.41, 5.74) is 2.83. The first-order chi connectivity index (χ1) is 5.15. The van der Waals surface area contributed by atoms with Crippen LogP contribution in [-0.2, 0) is 5.88 Å². The molecule has 0 fully saturated rings. The molecule has 1 N–H and O–H groups in total. The third-order valence-corrected chi connectivity index (χ3v) is 1.96. The van der Waals surface area contributed by atoms with Crippen molar-refractivity contribution < 1.29 is 5.11 Å². The predicted molar refractivity (Wildman–Crippen MR) is 47.1 cm³/mol. The first-order valence-electron chi connectivity index (χ1n) is 3.50. The van der Waals surface area contributed by atoms with Gasteiger partial charge in [0, 0.05) is 5.56 Å². The van der Waals surface area contributed by atoms with Crippen molar-refractivity contribution in [3.05, 3.63) is 28.8 Å². The minimum atomic E-state index is 0.325. The molecule has 1 nitrogen and oxygen atoms in total. The van der Waals surface area contributed by atoms with Crippen molar-refractivity contribution in [3.8, 4) is 5.75 Å². The standard InChI is InChI=1S/C9H11ClO/c1-6-3-7(2)9(11)8(4-6)5-10/h3-4,11H,5H2,1-2H3. The van der Waals surface area contributed by atoms with E-state index < -0.39 is 0 Å². The average Bonchev–Trinajstić information content (AvgIpc) is 1.96. The Morgan fingerprint density at radius 1 is 1.36 bits per heavy atom. The molecule has 1 rings (SSSR count). The van der Waals surface area contributed by atoms with E-state index in [-0.39, 0.29) is 0 Å². The van der Waals surface area contributed by atoms with Gasteiger partial charge in [-0.05, 0) is 19.4 Å². The molecule has 0 aromatic heterocycles. The zero-order valence-electron chi connectivity index (χ0n) is 6.69. The van der Waals surface area contributed by atoms with Crippen LogP contribution in [0.5, 0.6) is 5.75 Å². The first kappa shape index (κ1) is 8.41. The number of phenolic OH excluding ortho intramolecular Hbond substituents is 1. The summed E-state index contributed by atoms with van der Waals surface area (Å²) in [4.78, 5) is 0. The molecular weight excluding hydrogens is 160 g/mol. The van der Waals surface area contributed by atoms with Crippen LogP contribution in [0.3, 0.4) is 0 Å². The summed E-state index contributed by atoms with van der Waals surface area (Å²) in [6.45, 7) is 3.86. The van der Waals surface area contributed by atoms with E-state index in [1.165, 1.54) is 0 Å². The van der Waals surface area contributed by atoms with Gasteiger partial charge < -0.3 is 5.11 Å². The largest absolute Gasteiger partial charge is 0.507 e. The van der Waals surface area contributed by atoms with Crippen molar-refractivity contribution in [1.82, 2.24) is 0 Å². The van der Waals surface area contributed by atoms with Crippen molar-refractivity contribution in [1.29, 1.82) is 0 Å². The number of phenols is 1. The van der Waals surface area contributed by atoms with Crippen LogP contribution in [0.2, 0.25) is 0 Å². The highest BCUT2D eigenvalue weighted by atomic mass is 35.5. The Morgan fingerprint density at radius 2 is 2.00 bits per heavy atom. The number of rotatable bonds is 1. The number of benzene rings is 1. The number of aryl methyl sites for hydroxylation is 2. The fourth-order valence-electron chi connectivity index (χ4n) is 1.15. The molecule has 0 aliphatic rings. The molecule has 0 spiro atoms. The van der Waals surface area contributed by atoms with E-state index in [1.54, 1.807) is 0 Å². The summed E-state index contributed by atoms with van der Waals surface area (Å²) >= 11 is 5.62. The second-order valence-electron chi connectivity index (χ2n) is 2.72. The van der Waals surface area contributed by atoms with Crippen molar-refractivity contribution in [2.75, 3.05) is 0 Å². The third-order valence-electron chi connectivity index (χ3n) is 1.67. The van der Waals surface area contributed by atoms with E-state index >= 15 is 0 Å². The van der Waals surface area contributed by atoms with Gasteiger partial charge in [-0.25, -0.2) is 0 Å². The summed E-state index contributed by atoms with van der Waals surface area (Å²) < 4.78 is 0. The minimum absolute atomic E-state index is 0.325. The van der Waals surface area contributed by atoms with Gasteiger partial charge in [-0.3, -0.25) is 0 Å². The molecule has 2 heteroatoms. The first-order valence-corrected chi connectivity index (χ1v) is 4.03. The average molecular weight is 171 g/mol. The lowest BCUT2D eigenvalue weighted by Crippen LogP contribution is -1.85. The Bertz CT molecular complexity index is 269. The second kappa shape index (κ2) is 3.14. The molecule has 0 radical (unpaired) electrons. The molecule has 0 saturated heterocycles. The SMILES string of the molecule is Cc1cc(C)c(O)c(CCl)c1. The zero-order valence-corrected chi connectivity index (χ0v) is 7.44. The Balaban J connectivity index is 3.24. The number of hydrogen-bond donors (Lipinski definition) is 1. The Hall–Kier alpha value is -0.690. The topological polar surface area (TPSA) is 20.2 Å². The van der Waals surface area contributed by atoms with E-state index in [9.17, 15) is 5.11 Å². The van der Waals surface area contributed by atoms with Crippen molar-refractivity contribution >= 4 is 11.6 Å². The molecule has 0 atom stereocenters. The minimum Gasteiger partial charge on any atom is -0.507 e. The van der Waals surface area contributed by atoms with E-state index in [4.69, 9.17) is 11.6 Å². The van der Waals surface area contributed by atoms with Crippen LogP contribution in [0, 0.1) is 13.8 Å². The van der Waals surface area contributed by atoms with Crippen LogP contribution in [-0.4, -0.2) is 5.11 Å². The highest BCUT2D eigenvalue weighted by Gasteiger charge is 2.02. The van der Waals surface area contributed by atoms with Gasteiger partial charge >= 0.3 is 0 Å². The molecule has 1 aromatic carbocycles. The number of hydrogen-bond acceptors (Lipinski definition) is 1. The molecule has 0 bridgehead atoms. The van der Waals surface area contributed by atoms with Crippen LogP contribution >= 0.6 is 11.6 Å². The molecule has 0 heterocycles. The maximum absolute atomic E-state index is 9.44. The monoisotopic (exact) mass is 170 g/mol. The van der Waals surface area contributed by atoms with E-state index in [0.717, 1.165) is 16.7 Å². The highest BCUT2D eigenvalue weighted by molar-refractivity contribution is 6.17. The smallest absolute Gasteiger partial charge is 0.122 e. The van der Waals surface area contributed by atoms with Crippen LogP contribution in [0.1, 0.15) is 16.7 Å². The Kier molecular flexibility index (Phi) is 2.40. The number of halogens is 1. The van der Waals surface area contributed by atoms with E-state index in [2.05, 4.69) is 0 Å². The maximum Gasteiger partial charge on any atom is 0.122 e. The van der Waals surface area contributed by atoms with Gasteiger partial charge in [0.1, 0.15) is 5.75 Å². The summed E-state index contributed by atoms with van der Waals surface area (Å²) in [5, 5.41) is 9.44. The molecule has 11 heavy (non-hydrogen) atoms. The van der Waals surface area contributed by atoms with Gasteiger partial charge in [0.2, 0.25) is 0 Å². The molecule has 0 amide bonds. The molecule has 1 aromatic rings. The summed E-state index contributed by atoms with van der Waals surface area (Å²) in [6, 6.07) is 3.83. The number of alkyl halides is 1. The molecule has 0 saturated carbocycles. The lowest BCUT2D eigenvalue weighted by molar-refractivity contribution is 0.466. The summed E-state index contributed by atoms with van der Waals surface area (Å²) in [5.74, 6) is 0.694. The van der Waals surface area contributed by atoms with Gasteiger partial charge in [-0.1, -0.05) is 17.7 Å². The van der Waals surface area contributed by atoms with E-state index in [0.29, 0.717) is 11.6 Å². The molecule has 0 aliphatic carbocycles. The highest BCUT2D eigenvalue weighted by Crippen LogP contribution is 2.24. The normalized spacial score (nSPS) is 10.1. The van der Waals surface area contributed by atoms with Gasteiger partial charge in [0.15, 0.2) is 0 Å². The van der Waals surface area contributed by atoms with Gasteiger partial charge in [-0.2, -0.15) is 0 Å². The molecule has 60 valence electrons. The third kappa shape index (κ3) is 1.66. The summed E-state index contributed by atoms with van der Waals surface area (Å²) in [6.07, 6.45) is 0. The summed E-state index contributed by atoms with van der Waals surface area (Å²) in [7, 11) is 0. The fraction of sp³-hybridized carbons (Fsp3) is 0.333. The molecular formula is C9H11ClO.